The number of hydrogen-bond donors (Lipinski definition) is 2. The van der Waals surface area contributed by atoms with Crippen LogP contribution in [0.15, 0.2) is 11.8 Å². The second-order valence-electron chi connectivity index (χ2n) is 6.18. The first-order chi connectivity index (χ1) is 5.88. The van der Waals surface area contributed by atoms with Gasteiger partial charge in [0.2, 0.25) is 0 Å². The Balaban J connectivity index is 5.00. The first-order valence-corrected chi connectivity index (χ1v) is 5.02. The van der Waals surface area contributed by atoms with E-state index in [0.717, 1.165) is 0 Å². The van der Waals surface area contributed by atoms with Gasteiger partial charge in [-0.05, 0) is 18.4 Å². The van der Waals surface area contributed by atoms with Crippen molar-refractivity contribution in [2.24, 2.45) is 10.8 Å². The maximum atomic E-state index is 10.1. The average molecular weight is 200 g/mol. The summed E-state index contributed by atoms with van der Waals surface area (Å²) in [5, 5.41) is 19.9. The summed E-state index contributed by atoms with van der Waals surface area (Å²) in [4.78, 5) is 0. The molecule has 0 rings (SSSR count). The number of rotatable bonds is 1. The van der Waals surface area contributed by atoms with Gasteiger partial charge in [0.1, 0.15) is 0 Å². The van der Waals surface area contributed by atoms with Gasteiger partial charge in [-0.25, -0.2) is 0 Å². The molecule has 84 valence electrons. The van der Waals surface area contributed by atoms with E-state index in [1.165, 1.54) is 0 Å². The SMILES string of the molecule is CC(C)(C)/C(O)=C/C(C)(O)C(C)(C)C. The zero-order valence-corrected chi connectivity index (χ0v) is 10.5. The van der Waals surface area contributed by atoms with Gasteiger partial charge >= 0.3 is 0 Å². The Morgan fingerprint density at radius 2 is 1.29 bits per heavy atom. The van der Waals surface area contributed by atoms with Gasteiger partial charge in [0.05, 0.1) is 11.4 Å². The molecule has 2 N–H and O–H groups in total. The van der Waals surface area contributed by atoms with E-state index in [9.17, 15) is 10.2 Å². The highest BCUT2D eigenvalue weighted by molar-refractivity contribution is 5.12. The third-order valence-electron chi connectivity index (χ3n) is 2.70. The van der Waals surface area contributed by atoms with Crippen LogP contribution in [0.25, 0.3) is 0 Å². The highest BCUT2D eigenvalue weighted by Gasteiger charge is 2.35. The fraction of sp³-hybridized carbons (Fsp3) is 0.833. The predicted octanol–water partition coefficient (Wildman–Crippen LogP) is 3.27. The topological polar surface area (TPSA) is 40.5 Å². The van der Waals surface area contributed by atoms with Crippen molar-refractivity contribution in [2.45, 2.75) is 54.1 Å². The fourth-order valence-electron chi connectivity index (χ4n) is 0.699. The number of aliphatic hydroxyl groups excluding tert-OH is 1. The van der Waals surface area contributed by atoms with Gasteiger partial charge in [0.15, 0.2) is 0 Å². The lowest BCUT2D eigenvalue weighted by atomic mass is 9.76. The van der Waals surface area contributed by atoms with Gasteiger partial charge in [0, 0.05) is 5.41 Å². The minimum absolute atomic E-state index is 0.234. The lowest BCUT2D eigenvalue weighted by Crippen LogP contribution is -2.38. The maximum absolute atomic E-state index is 10.1. The van der Waals surface area contributed by atoms with E-state index in [1.807, 2.05) is 41.5 Å². The highest BCUT2D eigenvalue weighted by Crippen LogP contribution is 2.34. The van der Waals surface area contributed by atoms with Crippen LogP contribution in [-0.4, -0.2) is 15.8 Å². The standard InChI is InChI=1S/C12H24O2/c1-10(2,3)9(13)8-12(7,14)11(4,5)6/h8,13-14H,1-7H3/b9-8-. The molecule has 1 atom stereocenters. The maximum Gasteiger partial charge on any atom is 0.0964 e. The molecule has 0 amide bonds. The normalized spacial score (nSPS) is 19.3. The van der Waals surface area contributed by atoms with Crippen molar-refractivity contribution in [3.05, 3.63) is 11.8 Å². The second kappa shape index (κ2) is 3.58. The van der Waals surface area contributed by atoms with E-state index in [-0.39, 0.29) is 16.6 Å². The molecular weight excluding hydrogens is 176 g/mol. The van der Waals surface area contributed by atoms with Gasteiger partial charge in [-0.2, -0.15) is 0 Å². The molecule has 0 bridgehead atoms. The molecule has 0 aromatic heterocycles. The largest absolute Gasteiger partial charge is 0.512 e. The van der Waals surface area contributed by atoms with Crippen LogP contribution >= 0.6 is 0 Å². The van der Waals surface area contributed by atoms with Crippen LogP contribution in [-0.2, 0) is 0 Å². The van der Waals surface area contributed by atoms with Crippen LogP contribution in [0.3, 0.4) is 0 Å². The molecule has 1 unspecified atom stereocenters. The lowest BCUT2D eigenvalue weighted by Gasteiger charge is -2.35. The Morgan fingerprint density at radius 3 is 1.50 bits per heavy atom. The van der Waals surface area contributed by atoms with Crippen molar-refractivity contribution in [1.82, 2.24) is 0 Å². The molecule has 0 aromatic rings. The van der Waals surface area contributed by atoms with Crippen molar-refractivity contribution in [3.63, 3.8) is 0 Å². The molecule has 0 aliphatic carbocycles. The van der Waals surface area contributed by atoms with Crippen LogP contribution in [0, 0.1) is 10.8 Å². The van der Waals surface area contributed by atoms with Crippen LogP contribution < -0.4 is 0 Å². The molecular formula is C12H24O2. The number of aliphatic hydroxyl groups is 2. The molecule has 0 spiro atoms. The molecule has 0 aromatic carbocycles. The minimum Gasteiger partial charge on any atom is -0.512 e. The molecule has 0 radical (unpaired) electrons. The monoisotopic (exact) mass is 200 g/mol. The van der Waals surface area contributed by atoms with Gasteiger partial charge in [-0.15, -0.1) is 0 Å². The Bertz CT molecular complexity index is 224. The van der Waals surface area contributed by atoms with E-state index in [4.69, 9.17) is 0 Å². The van der Waals surface area contributed by atoms with Crippen molar-refractivity contribution >= 4 is 0 Å². The molecule has 0 fully saturated rings. The lowest BCUT2D eigenvalue weighted by molar-refractivity contribution is -0.000835. The van der Waals surface area contributed by atoms with Crippen LogP contribution in [0.4, 0.5) is 0 Å². The highest BCUT2D eigenvalue weighted by atomic mass is 16.3. The molecule has 2 heteroatoms. The summed E-state index contributed by atoms with van der Waals surface area (Å²) in [5.41, 5.74) is -1.59. The summed E-state index contributed by atoms with van der Waals surface area (Å²) in [7, 11) is 0. The van der Waals surface area contributed by atoms with Crippen molar-refractivity contribution in [1.29, 1.82) is 0 Å². The van der Waals surface area contributed by atoms with Gasteiger partial charge in [-0.3, -0.25) is 0 Å². The summed E-state index contributed by atoms with van der Waals surface area (Å²) in [6, 6.07) is 0. The molecule has 0 aliphatic rings. The van der Waals surface area contributed by atoms with E-state index < -0.39 is 5.60 Å². The summed E-state index contributed by atoms with van der Waals surface area (Å²) in [6.07, 6.45) is 1.55. The first-order valence-electron chi connectivity index (χ1n) is 5.02. The van der Waals surface area contributed by atoms with Crippen LogP contribution in [0.2, 0.25) is 0 Å². The van der Waals surface area contributed by atoms with Gasteiger partial charge in [-0.1, -0.05) is 41.5 Å². The molecule has 0 heterocycles. The first kappa shape index (κ1) is 13.5. The predicted molar refractivity (Wildman–Crippen MR) is 60.2 cm³/mol. The van der Waals surface area contributed by atoms with Crippen molar-refractivity contribution in [3.8, 4) is 0 Å². The van der Waals surface area contributed by atoms with Crippen molar-refractivity contribution < 1.29 is 10.2 Å². The van der Waals surface area contributed by atoms with E-state index in [0.29, 0.717) is 0 Å². The summed E-state index contributed by atoms with van der Waals surface area (Å²) < 4.78 is 0. The van der Waals surface area contributed by atoms with Crippen LogP contribution in [0.1, 0.15) is 48.5 Å². The second-order valence-corrected chi connectivity index (χ2v) is 6.18. The summed E-state index contributed by atoms with van der Waals surface area (Å²) in [6.45, 7) is 13.3. The molecule has 0 saturated carbocycles. The Labute approximate surface area is 87.7 Å². The zero-order chi connectivity index (χ0) is 11.8. The summed E-state index contributed by atoms with van der Waals surface area (Å²) >= 11 is 0. The summed E-state index contributed by atoms with van der Waals surface area (Å²) in [5.74, 6) is 0.234. The smallest absolute Gasteiger partial charge is 0.0964 e. The average Bonchev–Trinajstić information content (AvgIpc) is 1.80. The fourth-order valence-corrected chi connectivity index (χ4v) is 0.699. The Morgan fingerprint density at radius 1 is 0.929 bits per heavy atom. The third-order valence-corrected chi connectivity index (χ3v) is 2.70. The minimum atomic E-state index is -0.996. The zero-order valence-electron chi connectivity index (χ0n) is 10.5. The number of allylic oxidation sites excluding steroid dienone is 1. The van der Waals surface area contributed by atoms with Gasteiger partial charge in [0.25, 0.3) is 0 Å². The van der Waals surface area contributed by atoms with E-state index >= 15 is 0 Å². The van der Waals surface area contributed by atoms with Crippen molar-refractivity contribution in [2.75, 3.05) is 0 Å². The molecule has 0 saturated heterocycles. The number of hydrogen-bond acceptors (Lipinski definition) is 2. The molecule has 14 heavy (non-hydrogen) atoms. The quantitative estimate of drug-likeness (QED) is 0.638. The van der Waals surface area contributed by atoms with E-state index in [2.05, 4.69) is 0 Å². The Kier molecular flexibility index (Phi) is 3.45. The molecule has 2 nitrogen and oxygen atoms in total. The van der Waals surface area contributed by atoms with Crippen LogP contribution in [0.5, 0.6) is 0 Å². The van der Waals surface area contributed by atoms with Gasteiger partial charge < -0.3 is 10.2 Å². The molecule has 0 aliphatic heterocycles. The Hall–Kier alpha value is -0.500. The third kappa shape index (κ3) is 3.33. The van der Waals surface area contributed by atoms with E-state index in [1.54, 1.807) is 13.0 Å².